The van der Waals surface area contributed by atoms with Gasteiger partial charge in [0.25, 0.3) is 0 Å². The Kier molecular flexibility index (Phi) is 5.48. The summed E-state index contributed by atoms with van der Waals surface area (Å²) in [7, 11) is 0. The van der Waals surface area contributed by atoms with E-state index in [0.717, 1.165) is 30.2 Å². The summed E-state index contributed by atoms with van der Waals surface area (Å²) < 4.78 is 1.63. The standard InChI is InChI=1S/C12H20N4OS/c1-4-16-10(17)14-15-11(16)18-8-6-5-7-12(2,3)9-13/h4-8H2,1-3H3,(H,14,17). The van der Waals surface area contributed by atoms with Crippen molar-refractivity contribution in [1.82, 2.24) is 14.8 Å². The molecule has 0 aliphatic carbocycles. The van der Waals surface area contributed by atoms with E-state index in [-0.39, 0.29) is 11.1 Å². The first kappa shape index (κ1) is 14.8. The van der Waals surface area contributed by atoms with Gasteiger partial charge in [-0.2, -0.15) is 5.26 Å². The molecule has 1 rings (SSSR count). The average molecular weight is 268 g/mol. The maximum atomic E-state index is 11.3. The molecule has 0 bridgehead atoms. The van der Waals surface area contributed by atoms with Crippen LogP contribution in [0.3, 0.4) is 0 Å². The number of hydrogen-bond donors (Lipinski definition) is 1. The van der Waals surface area contributed by atoms with E-state index < -0.39 is 0 Å². The van der Waals surface area contributed by atoms with Gasteiger partial charge in [0.2, 0.25) is 0 Å². The molecule has 0 aromatic carbocycles. The molecule has 1 aromatic rings. The number of H-pyrrole nitrogens is 1. The highest BCUT2D eigenvalue weighted by molar-refractivity contribution is 7.99. The molecular weight excluding hydrogens is 248 g/mol. The average Bonchev–Trinajstić information content (AvgIpc) is 2.69. The number of thioether (sulfide) groups is 1. The molecule has 0 unspecified atom stereocenters. The fourth-order valence-corrected chi connectivity index (χ4v) is 2.59. The first-order valence-electron chi connectivity index (χ1n) is 6.19. The van der Waals surface area contributed by atoms with Crippen molar-refractivity contribution in [1.29, 1.82) is 5.26 Å². The summed E-state index contributed by atoms with van der Waals surface area (Å²) in [5.74, 6) is 0.922. The van der Waals surface area contributed by atoms with Gasteiger partial charge < -0.3 is 0 Å². The van der Waals surface area contributed by atoms with Crippen LogP contribution in [0.5, 0.6) is 0 Å². The van der Waals surface area contributed by atoms with Crippen LogP contribution < -0.4 is 5.69 Å². The minimum atomic E-state index is -0.234. The minimum absolute atomic E-state index is 0.148. The van der Waals surface area contributed by atoms with E-state index in [9.17, 15) is 4.79 Å². The second kappa shape index (κ2) is 6.64. The van der Waals surface area contributed by atoms with Gasteiger partial charge in [-0.25, -0.2) is 9.89 Å². The molecule has 6 heteroatoms. The third-order valence-corrected chi connectivity index (χ3v) is 3.83. The van der Waals surface area contributed by atoms with Gasteiger partial charge in [0.05, 0.1) is 11.5 Å². The number of aromatic amines is 1. The van der Waals surface area contributed by atoms with Gasteiger partial charge in [-0.05, 0) is 33.6 Å². The first-order chi connectivity index (χ1) is 8.50. The van der Waals surface area contributed by atoms with Gasteiger partial charge in [-0.1, -0.05) is 18.2 Å². The molecule has 1 N–H and O–H groups in total. The summed E-state index contributed by atoms with van der Waals surface area (Å²) >= 11 is 1.59. The van der Waals surface area contributed by atoms with Gasteiger partial charge in [-0.15, -0.1) is 5.10 Å². The van der Waals surface area contributed by atoms with Gasteiger partial charge in [0.1, 0.15) is 0 Å². The number of nitriles is 1. The van der Waals surface area contributed by atoms with Gasteiger partial charge >= 0.3 is 5.69 Å². The number of aromatic nitrogens is 3. The summed E-state index contributed by atoms with van der Waals surface area (Å²) in [5.41, 5.74) is -0.381. The maximum Gasteiger partial charge on any atom is 0.343 e. The van der Waals surface area contributed by atoms with E-state index in [0.29, 0.717) is 6.54 Å². The highest BCUT2D eigenvalue weighted by atomic mass is 32.2. The smallest absolute Gasteiger partial charge is 0.270 e. The van der Waals surface area contributed by atoms with Crippen molar-refractivity contribution in [2.75, 3.05) is 5.75 Å². The number of hydrogen-bond acceptors (Lipinski definition) is 4. The summed E-state index contributed by atoms with van der Waals surface area (Å²) in [6.45, 7) is 6.49. The Morgan fingerprint density at radius 3 is 2.83 bits per heavy atom. The largest absolute Gasteiger partial charge is 0.343 e. The lowest BCUT2D eigenvalue weighted by Gasteiger charge is -2.13. The Hall–Kier alpha value is -1.22. The van der Waals surface area contributed by atoms with Gasteiger partial charge in [0, 0.05) is 12.3 Å². The lowest BCUT2D eigenvalue weighted by molar-refractivity contribution is 0.433. The van der Waals surface area contributed by atoms with Crippen molar-refractivity contribution in [2.24, 2.45) is 5.41 Å². The second-order valence-corrected chi connectivity index (χ2v) is 5.92. The SMILES string of the molecule is CCn1c(SCCCCC(C)(C)C#N)n[nH]c1=O. The van der Waals surface area contributed by atoms with Crippen molar-refractivity contribution in [3.8, 4) is 6.07 Å². The topological polar surface area (TPSA) is 74.5 Å². The Labute approximate surface area is 112 Å². The van der Waals surface area contributed by atoms with Crippen LogP contribution in [0.1, 0.15) is 40.0 Å². The van der Waals surface area contributed by atoms with Crippen molar-refractivity contribution < 1.29 is 0 Å². The quantitative estimate of drug-likeness (QED) is 0.608. The third-order valence-electron chi connectivity index (χ3n) is 2.77. The molecule has 0 atom stereocenters. The van der Waals surface area contributed by atoms with Crippen LogP contribution in [0.15, 0.2) is 9.95 Å². The molecule has 0 amide bonds. The van der Waals surface area contributed by atoms with E-state index in [1.807, 2.05) is 20.8 Å². The molecule has 0 radical (unpaired) electrons. The maximum absolute atomic E-state index is 11.3. The zero-order valence-electron chi connectivity index (χ0n) is 11.2. The summed E-state index contributed by atoms with van der Waals surface area (Å²) in [6.07, 6.45) is 2.96. The summed E-state index contributed by atoms with van der Waals surface area (Å²) in [4.78, 5) is 11.3. The Bertz CT molecular complexity index is 469. The van der Waals surface area contributed by atoms with Crippen LogP contribution in [0, 0.1) is 16.7 Å². The fraction of sp³-hybridized carbons (Fsp3) is 0.750. The van der Waals surface area contributed by atoms with E-state index in [1.54, 1.807) is 16.3 Å². The Morgan fingerprint density at radius 2 is 2.22 bits per heavy atom. The van der Waals surface area contributed by atoms with Gasteiger partial charge in [-0.3, -0.25) is 4.57 Å². The summed E-state index contributed by atoms with van der Waals surface area (Å²) in [6, 6.07) is 2.30. The normalized spacial score (nSPS) is 11.4. The molecule has 1 aromatic heterocycles. The van der Waals surface area contributed by atoms with Crippen molar-refractivity contribution in [2.45, 2.75) is 51.7 Å². The van der Waals surface area contributed by atoms with Crippen LogP contribution in [-0.4, -0.2) is 20.5 Å². The molecule has 0 fully saturated rings. The molecule has 0 aliphatic rings. The zero-order valence-corrected chi connectivity index (χ0v) is 12.0. The second-order valence-electron chi connectivity index (χ2n) is 4.86. The molecule has 0 aliphatic heterocycles. The number of rotatable bonds is 7. The Balaban J connectivity index is 2.31. The molecular formula is C12H20N4OS. The van der Waals surface area contributed by atoms with Crippen LogP contribution >= 0.6 is 11.8 Å². The molecule has 5 nitrogen and oxygen atoms in total. The van der Waals surface area contributed by atoms with E-state index in [1.165, 1.54) is 0 Å². The molecule has 18 heavy (non-hydrogen) atoms. The molecule has 100 valence electrons. The van der Waals surface area contributed by atoms with Crippen molar-refractivity contribution >= 4 is 11.8 Å². The highest BCUT2D eigenvalue weighted by Crippen LogP contribution is 2.23. The van der Waals surface area contributed by atoms with Crippen LogP contribution in [-0.2, 0) is 6.54 Å². The van der Waals surface area contributed by atoms with Crippen molar-refractivity contribution in [3.63, 3.8) is 0 Å². The molecule has 0 spiro atoms. The predicted molar refractivity (Wildman–Crippen MR) is 72.5 cm³/mol. The van der Waals surface area contributed by atoms with E-state index in [2.05, 4.69) is 16.3 Å². The lowest BCUT2D eigenvalue weighted by atomic mass is 9.89. The lowest BCUT2D eigenvalue weighted by Crippen LogP contribution is -2.16. The summed E-state index contributed by atoms with van der Waals surface area (Å²) in [5, 5.41) is 16.1. The Morgan fingerprint density at radius 1 is 1.50 bits per heavy atom. The minimum Gasteiger partial charge on any atom is -0.270 e. The van der Waals surface area contributed by atoms with E-state index in [4.69, 9.17) is 5.26 Å². The number of nitrogens with zero attached hydrogens (tertiary/aromatic N) is 3. The fourth-order valence-electron chi connectivity index (χ4n) is 1.58. The molecule has 0 saturated carbocycles. The monoisotopic (exact) mass is 268 g/mol. The van der Waals surface area contributed by atoms with Crippen LogP contribution in [0.2, 0.25) is 0 Å². The number of unbranched alkanes of at least 4 members (excludes halogenated alkanes) is 1. The van der Waals surface area contributed by atoms with Crippen LogP contribution in [0.4, 0.5) is 0 Å². The number of nitrogens with one attached hydrogen (secondary N) is 1. The molecule has 0 saturated heterocycles. The van der Waals surface area contributed by atoms with E-state index >= 15 is 0 Å². The molecule has 1 heterocycles. The van der Waals surface area contributed by atoms with Crippen molar-refractivity contribution in [3.05, 3.63) is 10.5 Å². The third kappa shape index (κ3) is 4.22. The first-order valence-corrected chi connectivity index (χ1v) is 7.18. The van der Waals surface area contributed by atoms with Crippen LogP contribution in [0.25, 0.3) is 0 Å². The predicted octanol–water partition coefficient (Wildman–Crippen LogP) is 2.40. The zero-order chi connectivity index (χ0) is 13.6. The highest BCUT2D eigenvalue weighted by Gasteiger charge is 2.15. The van der Waals surface area contributed by atoms with Gasteiger partial charge in [0.15, 0.2) is 5.16 Å².